The van der Waals surface area contributed by atoms with Crippen LogP contribution >= 0.6 is 0 Å². The molecule has 1 saturated heterocycles. The summed E-state index contributed by atoms with van der Waals surface area (Å²) in [7, 11) is 3.77. The highest BCUT2D eigenvalue weighted by Gasteiger charge is 2.18. The summed E-state index contributed by atoms with van der Waals surface area (Å²) in [6.45, 7) is 3.61. The van der Waals surface area contributed by atoms with E-state index in [0.29, 0.717) is 24.9 Å². The fourth-order valence-corrected chi connectivity index (χ4v) is 3.99. The number of aromatic nitrogens is 1. The van der Waals surface area contributed by atoms with Gasteiger partial charge in [0.05, 0.1) is 7.11 Å². The summed E-state index contributed by atoms with van der Waals surface area (Å²) in [4.78, 5) is 18.1. The van der Waals surface area contributed by atoms with Gasteiger partial charge in [0.15, 0.2) is 0 Å². The topological polar surface area (TPSA) is 75.8 Å². The Morgan fingerprint density at radius 2 is 2.00 bits per heavy atom. The van der Waals surface area contributed by atoms with Crippen molar-refractivity contribution < 1.29 is 19.0 Å². The van der Waals surface area contributed by atoms with E-state index in [1.54, 1.807) is 7.11 Å². The van der Waals surface area contributed by atoms with E-state index in [-0.39, 0.29) is 5.91 Å². The van der Waals surface area contributed by atoms with Crippen LogP contribution in [0.4, 0.5) is 0 Å². The minimum atomic E-state index is -0.149. The first-order valence-corrected chi connectivity index (χ1v) is 11.1. The van der Waals surface area contributed by atoms with Crippen LogP contribution in [0.5, 0.6) is 11.5 Å². The predicted molar refractivity (Wildman–Crippen MR) is 124 cm³/mol. The van der Waals surface area contributed by atoms with Crippen LogP contribution < -0.4 is 14.8 Å². The Morgan fingerprint density at radius 3 is 2.81 bits per heavy atom. The third-order valence-corrected chi connectivity index (χ3v) is 5.95. The summed E-state index contributed by atoms with van der Waals surface area (Å²) >= 11 is 0. The second kappa shape index (κ2) is 10.5. The number of nitrogens with zero attached hydrogens (tertiary/aromatic N) is 1. The van der Waals surface area contributed by atoms with Crippen molar-refractivity contribution in [2.24, 2.45) is 0 Å². The first-order valence-electron chi connectivity index (χ1n) is 11.1. The Kier molecular flexibility index (Phi) is 7.29. The number of benzene rings is 2. The molecule has 1 amide bonds. The van der Waals surface area contributed by atoms with Gasteiger partial charge in [-0.1, -0.05) is 12.1 Å². The maximum absolute atomic E-state index is 12.6. The number of rotatable bonds is 9. The van der Waals surface area contributed by atoms with Crippen molar-refractivity contribution in [1.82, 2.24) is 15.2 Å². The molecule has 1 aliphatic rings. The smallest absolute Gasteiger partial charge is 0.267 e. The molecule has 1 fully saturated rings. The Hall–Kier alpha value is -3.03. The van der Waals surface area contributed by atoms with Gasteiger partial charge in [0.1, 0.15) is 23.8 Å². The lowest BCUT2D eigenvalue weighted by Gasteiger charge is -2.31. The van der Waals surface area contributed by atoms with Gasteiger partial charge in [0.2, 0.25) is 0 Å². The van der Waals surface area contributed by atoms with Crippen molar-refractivity contribution >= 4 is 16.8 Å². The lowest BCUT2D eigenvalue weighted by atomic mass is 10.1. The number of carbonyl (C=O) groups excluding carboxylic acids is 1. The van der Waals surface area contributed by atoms with E-state index >= 15 is 0 Å². The molecule has 0 spiro atoms. The lowest BCUT2D eigenvalue weighted by Crippen LogP contribution is -2.38. The van der Waals surface area contributed by atoms with Crippen LogP contribution in [0.2, 0.25) is 0 Å². The molecule has 0 aliphatic carbocycles. The van der Waals surface area contributed by atoms with Crippen molar-refractivity contribution in [2.45, 2.75) is 25.4 Å². The summed E-state index contributed by atoms with van der Waals surface area (Å²) in [6.07, 6.45) is 2.16. The van der Waals surface area contributed by atoms with Crippen molar-refractivity contribution in [3.05, 3.63) is 59.8 Å². The standard InChI is InChI=1S/C25H31N3O4/c1-28(20-8-11-31-12-9-20)10-13-32-22-5-3-4-18(14-22)17-26-25(29)24-15-19-6-7-21(30-2)16-23(19)27-24/h3-7,14-16,20,27H,8-13,17H2,1-2H3,(H,26,29). The second-order valence-corrected chi connectivity index (χ2v) is 8.14. The molecule has 4 rings (SSSR count). The molecular formula is C25H31N3O4. The Morgan fingerprint density at radius 1 is 1.16 bits per heavy atom. The maximum Gasteiger partial charge on any atom is 0.267 e. The van der Waals surface area contributed by atoms with Crippen molar-refractivity contribution in [3.63, 3.8) is 0 Å². The van der Waals surface area contributed by atoms with Crippen molar-refractivity contribution in [2.75, 3.05) is 40.5 Å². The molecule has 7 heteroatoms. The van der Waals surface area contributed by atoms with Crippen LogP contribution in [-0.2, 0) is 11.3 Å². The molecule has 2 N–H and O–H groups in total. The van der Waals surface area contributed by atoms with Gasteiger partial charge in [-0.3, -0.25) is 9.69 Å². The van der Waals surface area contributed by atoms with Gasteiger partial charge in [-0.05, 0) is 55.8 Å². The van der Waals surface area contributed by atoms with E-state index in [4.69, 9.17) is 14.2 Å². The first kappa shape index (κ1) is 22.2. The van der Waals surface area contributed by atoms with Gasteiger partial charge >= 0.3 is 0 Å². The number of H-pyrrole nitrogens is 1. The number of amides is 1. The molecule has 2 aromatic carbocycles. The highest BCUT2D eigenvalue weighted by Crippen LogP contribution is 2.21. The zero-order valence-electron chi connectivity index (χ0n) is 18.7. The van der Waals surface area contributed by atoms with E-state index in [2.05, 4.69) is 22.2 Å². The fourth-order valence-electron chi connectivity index (χ4n) is 3.99. The first-order chi connectivity index (χ1) is 15.6. The average molecular weight is 438 g/mol. The molecule has 0 radical (unpaired) electrons. The van der Waals surface area contributed by atoms with Gasteiger partial charge in [0.25, 0.3) is 5.91 Å². The Balaban J connectivity index is 1.27. The number of aromatic amines is 1. The van der Waals surface area contributed by atoms with Gasteiger partial charge in [-0.25, -0.2) is 0 Å². The van der Waals surface area contributed by atoms with Gasteiger partial charge in [-0.15, -0.1) is 0 Å². The highest BCUT2D eigenvalue weighted by atomic mass is 16.5. The zero-order chi connectivity index (χ0) is 22.3. The maximum atomic E-state index is 12.6. The summed E-state index contributed by atoms with van der Waals surface area (Å²) < 4.78 is 16.6. The summed E-state index contributed by atoms with van der Waals surface area (Å²) in [6, 6.07) is 16.0. The minimum absolute atomic E-state index is 0.149. The van der Waals surface area contributed by atoms with Crippen LogP contribution in [-0.4, -0.2) is 62.4 Å². The quantitative estimate of drug-likeness (QED) is 0.535. The number of nitrogens with one attached hydrogen (secondary N) is 2. The molecule has 0 unspecified atom stereocenters. The molecule has 170 valence electrons. The summed E-state index contributed by atoms with van der Waals surface area (Å²) in [5.41, 5.74) is 2.39. The zero-order valence-corrected chi connectivity index (χ0v) is 18.7. The van der Waals surface area contributed by atoms with Crippen LogP contribution in [0.3, 0.4) is 0 Å². The van der Waals surface area contributed by atoms with Crippen LogP contribution in [0.15, 0.2) is 48.5 Å². The molecular weight excluding hydrogens is 406 g/mol. The van der Waals surface area contributed by atoms with E-state index in [1.165, 1.54) is 0 Å². The number of carbonyl (C=O) groups is 1. The molecule has 1 aromatic heterocycles. The number of hydrogen-bond acceptors (Lipinski definition) is 5. The minimum Gasteiger partial charge on any atom is -0.497 e. The molecule has 7 nitrogen and oxygen atoms in total. The number of fused-ring (bicyclic) bond motifs is 1. The normalized spacial score (nSPS) is 14.6. The van der Waals surface area contributed by atoms with Crippen LogP contribution in [0.1, 0.15) is 28.9 Å². The molecule has 0 bridgehead atoms. The Labute approximate surface area is 188 Å². The number of ether oxygens (including phenoxy) is 3. The molecule has 32 heavy (non-hydrogen) atoms. The molecule has 0 saturated carbocycles. The van der Waals surface area contributed by atoms with E-state index in [0.717, 1.165) is 60.6 Å². The molecule has 0 atom stereocenters. The van der Waals surface area contributed by atoms with Crippen LogP contribution in [0, 0.1) is 0 Å². The third kappa shape index (κ3) is 5.60. The van der Waals surface area contributed by atoms with Crippen LogP contribution in [0.25, 0.3) is 10.9 Å². The molecule has 2 heterocycles. The van der Waals surface area contributed by atoms with E-state index in [9.17, 15) is 4.79 Å². The van der Waals surface area contributed by atoms with E-state index in [1.807, 2.05) is 48.5 Å². The highest BCUT2D eigenvalue weighted by molar-refractivity contribution is 5.98. The predicted octanol–water partition coefficient (Wildman–Crippen LogP) is 3.60. The summed E-state index contributed by atoms with van der Waals surface area (Å²) in [5, 5.41) is 3.94. The third-order valence-electron chi connectivity index (χ3n) is 5.95. The molecule has 3 aromatic rings. The van der Waals surface area contributed by atoms with Gasteiger partial charge in [0, 0.05) is 49.3 Å². The average Bonchev–Trinajstić information content (AvgIpc) is 3.27. The number of likely N-dealkylation sites (N-methyl/N-ethyl adjacent to an activating group) is 1. The van der Waals surface area contributed by atoms with E-state index < -0.39 is 0 Å². The monoisotopic (exact) mass is 437 g/mol. The van der Waals surface area contributed by atoms with Gasteiger partial charge < -0.3 is 24.5 Å². The number of hydrogen-bond donors (Lipinski definition) is 2. The lowest BCUT2D eigenvalue weighted by molar-refractivity contribution is 0.0392. The second-order valence-electron chi connectivity index (χ2n) is 8.14. The van der Waals surface area contributed by atoms with Crippen molar-refractivity contribution in [3.8, 4) is 11.5 Å². The van der Waals surface area contributed by atoms with Crippen molar-refractivity contribution in [1.29, 1.82) is 0 Å². The molecule has 1 aliphatic heterocycles. The SMILES string of the molecule is COc1ccc2cc(C(=O)NCc3cccc(OCCN(C)C4CCOCC4)c3)[nH]c2c1. The van der Waals surface area contributed by atoms with Gasteiger partial charge in [-0.2, -0.15) is 0 Å². The number of methoxy groups -OCH3 is 1. The largest absolute Gasteiger partial charge is 0.497 e. The summed E-state index contributed by atoms with van der Waals surface area (Å²) in [5.74, 6) is 1.42. The fraction of sp³-hybridized carbons (Fsp3) is 0.400. The Bertz CT molecular complexity index is 1040.